The highest BCUT2D eigenvalue weighted by Crippen LogP contribution is 2.26. The molecule has 0 aliphatic heterocycles. The Morgan fingerprint density at radius 1 is 1.00 bits per heavy atom. The summed E-state index contributed by atoms with van der Waals surface area (Å²) in [5.74, 6) is 0.405. The zero-order chi connectivity index (χ0) is 21.5. The zero-order valence-corrected chi connectivity index (χ0v) is 18.1. The summed E-state index contributed by atoms with van der Waals surface area (Å²) in [4.78, 5) is 25.9. The standard InChI is InChI=1S/C23H21ClN2O3S/c1-15-10-11-16(24)12-20(15)26-23(28)19-8-3-4-9-21(19)30-14-22(27)25-17-6-5-7-18(13-17)29-2/h3-13H,14H2,1-2H3,(H,25,27)(H,26,28). The fourth-order valence-corrected chi connectivity index (χ4v) is 3.76. The molecular weight excluding hydrogens is 420 g/mol. The van der Waals surface area contributed by atoms with E-state index in [0.29, 0.717) is 27.7 Å². The van der Waals surface area contributed by atoms with Gasteiger partial charge in [0.15, 0.2) is 0 Å². The molecule has 2 amide bonds. The number of amides is 2. The van der Waals surface area contributed by atoms with Crippen LogP contribution < -0.4 is 15.4 Å². The lowest BCUT2D eigenvalue weighted by Crippen LogP contribution is -2.16. The van der Waals surface area contributed by atoms with E-state index in [9.17, 15) is 9.59 Å². The minimum Gasteiger partial charge on any atom is -0.497 e. The molecule has 0 heterocycles. The van der Waals surface area contributed by atoms with Gasteiger partial charge in [-0.05, 0) is 48.9 Å². The minimum absolute atomic E-state index is 0.164. The van der Waals surface area contributed by atoms with Crippen LogP contribution in [0.4, 0.5) is 11.4 Å². The molecule has 0 saturated heterocycles. The van der Waals surface area contributed by atoms with Crippen LogP contribution in [0.5, 0.6) is 5.75 Å². The maximum absolute atomic E-state index is 12.8. The summed E-state index contributed by atoms with van der Waals surface area (Å²) in [7, 11) is 1.57. The quantitative estimate of drug-likeness (QED) is 0.466. The third-order valence-corrected chi connectivity index (χ3v) is 5.60. The molecule has 0 saturated carbocycles. The van der Waals surface area contributed by atoms with Gasteiger partial charge in [0, 0.05) is 27.4 Å². The normalized spacial score (nSPS) is 10.4. The maximum Gasteiger partial charge on any atom is 0.256 e. The summed E-state index contributed by atoms with van der Waals surface area (Å²) in [5.41, 5.74) is 2.72. The SMILES string of the molecule is COc1cccc(NC(=O)CSc2ccccc2C(=O)Nc2cc(Cl)ccc2C)c1. The highest BCUT2D eigenvalue weighted by molar-refractivity contribution is 8.00. The van der Waals surface area contributed by atoms with Gasteiger partial charge in [-0.1, -0.05) is 35.9 Å². The fraction of sp³-hybridized carbons (Fsp3) is 0.130. The van der Waals surface area contributed by atoms with Gasteiger partial charge in [0.2, 0.25) is 5.91 Å². The van der Waals surface area contributed by atoms with Crippen molar-refractivity contribution < 1.29 is 14.3 Å². The molecule has 7 heteroatoms. The Labute approximate surface area is 184 Å². The first-order valence-electron chi connectivity index (χ1n) is 9.19. The lowest BCUT2D eigenvalue weighted by atomic mass is 10.1. The Hall–Kier alpha value is -2.96. The molecule has 0 aliphatic rings. The van der Waals surface area contributed by atoms with Crippen molar-refractivity contribution in [2.75, 3.05) is 23.5 Å². The van der Waals surface area contributed by atoms with Crippen LogP contribution in [-0.2, 0) is 4.79 Å². The zero-order valence-electron chi connectivity index (χ0n) is 16.6. The summed E-state index contributed by atoms with van der Waals surface area (Å²) in [6.07, 6.45) is 0. The predicted molar refractivity (Wildman–Crippen MR) is 123 cm³/mol. The first-order valence-corrected chi connectivity index (χ1v) is 10.6. The minimum atomic E-state index is -0.253. The molecule has 5 nitrogen and oxygen atoms in total. The summed E-state index contributed by atoms with van der Waals surface area (Å²) in [6.45, 7) is 1.90. The number of ether oxygens (including phenoxy) is 1. The number of hydrogen-bond donors (Lipinski definition) is 2. The second kappa shape index (κ2) is 10.2. The predicted octanol–water partition coefficient (Wildman–Crippen LogP) is 5.64. The number of methoxy groups -OCH3 is 1. The van der Waals surface area contributed by atoms with Crippen LogP contribution in [0.2, 0.25) is 5.02 Å². The van der Waals surface area contributed by atoms with Crippen LogP contribution >= 0.6 is 23.4 Å². The molecule has 3 aromatic carbocycles. The molecule has 0 fully saturated rings. The Bertz CT molecular complexity index is 1070. The van der Waals surface area contributed by atoms with Gasteiger partial charge in [0.1, 0.15) is 5.75 Å². The van der Waals surface area contributed by atoms with Gasteiger partial charge in [-0.3, -0.25) is 9.59 Å². The second-order valence-corrected chi connectivity index (χ2v) is 7.93. The van der Waals surface area contributed by atoms with Crippen molar-refractivity contribution in [3.8, 4) is 5.75 Å². The smallest absolute Gasteiger partial charge is 0.256 e. The van der Waals surface area contributed by atoms with E-state index in [1.54, 1.807) is 55.6 Å². The van der Waals surface area contributed by atoms with Crippen LogP contribution in [0.15, 0.2) is 71.6 Å². The van der Waals surface area contributed by atoms with Crippen LogP contribution in [0.25, 0.3) is 0 Å². The van der Waals surface area contributed by atoms with Gasteiger partial charge in [0.05, 0.1) is 18.4 Å². The monoisotopic (exact) mass is 440 g/mol. The number of carbonyl (C=O) groups is 2. The van der Waals surface area contributed by atoms with Crippen LogP contribution in [-0.4, -0.2) is 24.7 Å². The van der Waals surface area contributed by atoms with Crippen molar-refractivity contribution >= 4 is 46.6 Å². The molecule has 0 aliphatic carbocycles. The molecule has 0 spiro atoms. The molecular formula is C23H21ClN2O3S. The molecule has 154 valence electrons. The molecule has 0 unspecified atom stereocenters. The van der Waals surface area contributed by atoms with Crippen LogP contribution in [0.3, 0.4) is 0 Å². The van der Waals surface area contributed by atoms with Gasteiger partial charge in [-0.2, -0.15) is 0 Å². The van der Waals surface area contributed by atoms with Crippen molar-refractivity contribution in [3.63, 3.8) is 0 Å². The number of rotatable bonds is 7. The number of anilines is 2. The number of hydrogen-bond acceptors (Lipinski definition) is 4. The number of thioether (sulfide) groups is 1. The first kappa shape index (κ1) is 21.7. The Balaban J connectivity index is 1.66. The summed E-state index contributed by atoms with van der Waals surface area (Å²) >= 11 is 7.34. The van der Waals surface area contributed by atoms with Crippen molar-refractivity contribution in [2.45, 2.75) is 11.8 Å². The third kappa shape index (κ3) is 5.78. The average molecular weight is 441 g/mol. The van der Waals surface area contributed by atoms with Crippen molar-refractivity contribution in [3.05, 3.63) is 82.9 Å². The van der Waals surface area contributed by atoms with Crippen LogP contribution in [0.1, 0.15) is 15.9 Å². The van der Waals surface area contributed by atoms with Gasteiger partial charge in [0.25, 0.3) is 5.91 Å². The maximum atomic E-state index is 12.8. The molecule has 0 radical (unpaired) electrons. The first-order chi connectivity index (χ1) is 14.5. The molecule has 0 bridgehead atoms. The number of aryl methyl sites for hydroxylation is 1. The topological polar surface area (TPSA) is 67.4 Å². The number of halogens is 1. The van der Waals surface area contributed by atoms with E-state index in [1.165, 1.54) is 11.8 Å². The van der Waals surface area contributed by atoms with E-state index in [4.69, 9.17) is 16.3 Å². The molecule has 0 atom stereocenters. The molecule has 3 rings (SSSR count). The third-order valence-electron chi connectivity index (χ3n) is 4.29. The largest absolute Gasteiger partial charge is 0.497 e. The average Bonchev–Trinajstić information content (AvgIpc) is 2.75. The lowest BCUT2D eigenvalue weighted by molar-refractivity contribution is -0.113. The van der Waals surface area contributed by atoms with E-state index >= 15 is 0 Å². The van der Waals surface area contributed by atoms with E-state index in [2.05, 4.69) is 10.6 Å². The molecule has 30 heavy (non-hydrogen) atoms. The molecule has 2 N–H and O–H groups in total. The summed E-state index contributed by atoms with van der Waals surface area (Å²) in [6, 6.07) is 19.7. The Kier molecular flexibility index (Phi) is 7.38. The van der Waals surface area contributed by atoms with Crippen molar-refractivity contribution in [1.29, 1.82) is 0 Å². The highest BCUT2D eigenvalue weighted by Gasteiger charge is 2.14. The second-order valence-electron chi connectivity index (χ2n) is 6.48. The number of benzene rings is 3. The highest BCUT2D eigenvalue weighted by atomic mass is 35.5. The van der Waals surface area contributed by atoms with E-state index in [0.717, 1.165) is 10.5 Å². The summed E-state index contributed by atoms with van der Waals surface area (Å²) in [5, 5.41) is 6.28. The Morgan fingerprint density at radius 3 is 2.60 bits per heavy atom. The number of carbonyl (C=O) groups excluding carboxylic acids is 2. The van der Waals surface area contributed by atoms with E-state index in [-0.39, 0.29) is 17.6 Å². The lowest BCUT2D eigenvalue weighted by Gasteiger charge is -2.12. The summed E-state index contributed by atoms with van der Waals surface area (Å²) < 4.78 is 5.16. The van der Waals surface area contributed by atoms with Gasteiger partial charge >= 0.3 is 0 Å². The molecule has 3 aromatic rings. The van der Waals surface area contributed by atoms with E-state index in [1.807, 2.05) is 25.1 Å². The van der Waals surface area contributed by atoms with Crippen molar-refractivity contribution in [1.82, 2.24) is 0 Å². The van der Waals surface area contributed by atoms with Gasteiger partial charge in [-0.25, -0.2) is 0 Å². The fourth-order valence-electron chi connectivity index (χ4n) is 2.74. The molecule has 0 aromatic heterocycles. The van der Waals surface area contributed by atoms with Crippen LogP contribution in [0, 0.1) is 6.92 Å². The van der Waals surface area contributed by atoms with E-state index < -0.39 is 0 Å². The van der Waals surface area contributed by atoms with Gasteiger partial charge < -0.3 is 15.4 Å². The van der Waals surface area contributed by atoms with Gasteiger partial charge in [-0.15, -0.1) is 11.8 Å². The Morgan fingerprint density at radius 2 is 1.80 bits per heavy atom. The van der Waals surface area contributed by atoms with Crippen molar-refractivity contribution in [2.24, 2.45) is 0 Å². The number of nitrogens with one attached hydrogen (secondary N) is 2.